The zero-order valence-corrected chi connectivity index (χ0v) is 16.7. The van der Waals surface area contributed by atoms with Crippen molar-refractivity contribution >= 4 is 34.8 Å². The Morgan fingerprint density at radius 1 is 0.917 bits per heavy atom. The van der Waals surface area contributed by atoms with Crippen molar-refractivity contribution in [1.82, 2.24) is 0 Å². The van der Waals surface area contributed by atoms with Crippen LogP contribution >= 0.6 is 34.8 Å². The third kappa shape index (κ3) is 4.59. The molecule has 0 unspecified atom stereocenters. The van der Waals surface area contributed by atoms with Gasteiger partial charge in [-0.25, -0.2) is 0 Å². The summed E-state index contributed by atoms with van der Waals surface area (Å²) in [5.74, 6) is 1.71. The third-order valence-corrected chi connectivity index (χ3v) is 4.91. The second-order valence-corrected chi connectivity index (χ2v) is 8.01. The molecule has 0 radical (unpaired) electrons. The van der Waals surface area contributed by atoms with Crippen LogP contribution in [0.25, 0.3) is 0 Å². The van der Waals surface area contributed by atoms with E-state index < -0.39 is 4.84 Å². The molecular weight excluding hydrogens is 363 g/mol. The quantitative estimate of drug-likeness (QED) is 0.464. The first-order chi connectivity index (χ1) is 11.3. The average Bonchev–Trinajstić information content (AvgIpc) is 2.52. The van der Waals surface area contributed by atoms with Gasteiger partial charge in [0.1, 0.15) is 17.2 Å². The van der Waals surface area contributed by atoms with Crippen LogP contribution in [0.4, 0.5) is 0 Å². The fourth-order valence-corrected chi connectivity index (χ4v) is 3.24. The van der Waals surface area contributed by atoms with Gasteiger partial charge < -0.3 is 4.74 Å². The van der Waals surface area contributed by atoms with Crippen molar-refractivity contribution in [3.8, 4) is 5.75 Å². The van der Waals surface area contributed by atoms with Crippen molar-refractivity contribution in [1.29, 1.82) is 0 Å². The van der Waals surface area contributed by atoms with E-state index in [-0.39, 0.29) is 0 Å². The summed E-state index contributed by atoms with van der Waals surface area (Å²) < 4.78 is 6.15. The number of hydrogen-bond acceptors (Lipinski definition) is 1. The molecule has 0 aromatic heterocycles. The van der Waals surface area contributed by atoms with Gasteiger partial charge in [-0.1, -0.05) is 63.6 Å². The molecule has 0 N–H and O–H groups in total. The highest BCUT2D eigenvalue weighted by Crippen LogP contribution is 2.34. The molecule has 0 fully saturated rings. The molecule has 2 aromatic carbocycles. The summed E-state index contributed by atoms with van der Waals surface area (Å²) in [6.45, 7) is 9.00. The van der Waals surface area contributed by atoms with E-state index in [1.54, 1.807) is 0 Å². The summed E-state index contributed by atoms with van der Waals surface area (Å²) in [5.41, 5.74) is 4.05. The van der Waals surface area contributed by atoms with Gasteiger partial charge in [-0.05, 0) is 40.7 Å². The van der Waals surface area contributed by atoms with Crippen molar-refractivity contribution in [3.63, 3.8) is 0 Å². The van der Waals surface area contributed by atoms with Gasteiger partial charge >= 0.3 is 0 Å². The van der Waals surface area contributed by atoms with Crippen LogP contribution in [0.5, 0.6) is 5.75 Å². The monoisotopic (exact) mass is 384 g/mol. The molecule has 0 heterocycles. The lowest BCUT2D eigenvalue weighted by atomic mass is 9.96. The van der Waals surface area contributed by atoms with Crippen LogP contribution < -0.4 is 4.74 Å². The average molecular weight is 386 g/mol. The van der Waals surface area contributed by atoms with Gasteiger partial charge in [0.2, 0.25) is 0 Å². The molecule has 0 aliphatic rings. The highest BCUT2D eigenvalue weighted by molar-refractivity contribution is 6.44. The van der Waals surface area contributed by atoms with Crippen LogP contribution in [0.1, 0.15) is 66.6 Å². The number of benzene rings is 2. The lowest BCUT2D eigenvalue weighted by Gasteiger charge is -2.19. The van der Waals surface area contributed by atoms with Gasteiger partial charge in [0.15, 0.2) is 0 Å². The highest BCUT2D eigenvalue weighted by atomic mass is 35.5. The van der Waals surface area contributed by atoms with E-state index in [1.165, 1.54) is 11.1 Å². The van der Waals surface area contributed by atoms with Crippen molar-refractivity contribution < 1.29 is 4.74 Å². The normalized spacial score (nSPS) is 11.6. The van der Waals surface area contributed by atoms with Gasteiger partial charge in [0, 0.05) is 10.6 Å². The van der Waals surface area contributed by atoms with E-state index >= 15 is 0 Å². The van der Waals surface area contributed by atoms with E-state index in [1.807, 2.05) is 18.2 Å². The Hall–Kier alpha value is -0.890. The van der Waals surface area contributed by atoms with E-state index in [2.05, 4.69) is 45.9 Å². The summed E-state index contributed by atoms with van der Waals surface area (Å²) >= 11 is 18.5. The van der Waals surface area contributed by atoms with Gasteiger partial charge in [-0.3, -0.25) is 0 Å². The predicted molar refractivity (Wildman–Crippen MR) is 105 cm³/mol. The number of halogens is 3. The summed E-state index contributed by atoms with van der Waals surface area (Å²) in [5, 5.41) is 0.616. The minimum Gasteiger partial charge on any atom is -0.489 e. The molecule has 0 aliphatic heterocycles. The van der Waals surface area contributed by atoms with Crippen LogP contribution in [-0.2, 0) is 6.61 Å². The van der Waals surface area contributed by atoms with Crippen LogP contribution in [0.2, 0.25) is 5.02 Å². The van der Waals surface area contributed by atoms with Crippen LogP contribution in [-0.4, -0.2) is 0 Å². The molecule has 0 atom stereocenters. The lowest BCUT2D eigenvalue weighted by Crippen LogP contribution is -2.04. The molecule has 0 amide bonds. The van der Waals surface area contributed by atoms with Crippen molar-refractivity contribution in [2.45, 2.75) is 51.0 Å². The standard InChI is InChI=1S/C20H23Cl3O/c1-12(2)14-8-9-15(13(3)4)19(10-14)24-11-17-16(20(22)23)6-5-7-18(17)21/h5-10,12-13,20H,11H2,1-4H3. The summed E-state index contributed by atoms with van der Waals surface area (Å²) in [6.07, 6.45) is 0. The molecule has 1 nitrogen and oxygen atoms in total. The molecule has 2 rings (SSSR count). The van der Waals surface area contributed by atoms with Crippen molar-refractivity contribution in [2.75, 3.05) is 0 Å². The Bertz CT molecular complexity index is 693. The molecule has 130 valence electrons. The van der Waals surface area contributed by atoms with Gasteiger partial charge in [0.05, 0.1) is 0 Å². The Labute approximate surface area is 159 Å². The van der Waals surface area contributed by atoms with E-state index in [4.69, 9.17) is 39.5 Å². The topological polar surface area (TPSA) is 9.23 Å². The maximum Gasteiger partial charge on any atom is 0.133 e. The van der Waals surface area contributed by atoms with Crippen LogP contribution in [0.15, 0.2) is 36.4 Å². The van der Waals surface area contributed by atoms with Crippen molar-refractivity contribution in [2.24, 2.45) is 0 Å². The number of rotatable bonds is 6. The SMILES string of the molecule is CC(C)c1ccc(C(C)C)c(OCc2c(Cl)cccc2C(Cl)Cl)c1. The number of hydrogen-bond donors (Lipinski definition) is 0. The third-order valence-electron chi connectivity index (χ3n) is 4.09. The molecule has 0 saturated heterocycles. The Morgan fingerprint density at radius 3 is 2.21 bits per heavy atom. The Kier molecular flexibility index (Phi) is 6.86. The molecule has 0 bridgehead atoms. The highest BCUT2D eigenvalue weighted by Gasteiger charge is 2.16. The summed E-state index contributed by atoms with van der Waals surface area (Å²) in [4.78, 5) is -0.631. The van der Waals surface area contributed by atoms with Crippen LogP contribution in [0.3, 0.4) is 0 Å². The van der Waals surface area contributed by atoms with Crippen LogP contribution in [0, 0.1) is 0 Å². The van der Waals surface area contributed by atoms with Gasteiger partial charge in [-0.15, -0.1) is 23.2 Å². The van der Waals surface area contributed by atoms with Gasteiger partial charge in [-0.2, -0.15) is 0 Å². The summed E-state index contributed by atoms with van der Waals surface area (Å²) in [6, 6.07) is 12.0. The fraction of sp³-hybridized carbons (Fsp3) is 0.400. The zero-order chi connectivity index (χ0) is 17.9. The number of alkyl halides is 2. The smallest absolute Gasteiger partial charge is 0.133 e. The predicted octanol–water partition coefficient (Wildman–Crippen LogP) is 7.64. The molecular formula is C20H23Cl3O. The minimum atomic E-state index is -0.631. The van der Waals surface area contributed by atoms with E-state index in [9.17, 15) is 0 Å². The first-order valence-electron chi connectivity index (χ1n) is 8.13. The first-order valence-corrected chi connectivity index (χ1v) is 9.38. The molecule has 0 aliphatic carbocycles. The maximum atomic E-state index is 6.33. The van der Waals surface area contributed by atoms with Crippen molar-refractivity contribution in [3.05, 3.63) is 63.7 Å². The molecule has 24 heavy (non-hydrogen) atoms. The van der Waals surface area contributed by atoms with Gasteiger partial charge in [0.25, 0.3) is 0 Å². The summed E-state index contributed by atoms with van der Waals surface area (Å²) in [7, 11) is 0. The van der Waals surface area contributed by atoms with E-state index in [0.29, 0.717) is 23.5 Å². The second kappa shape index (κ2) is 8.47. The number of ether oxygens (including phenoxy) is 1. The molecule has 0 saturated carbocycles. The fourth-order valence-electron chi connectivity index (χ4n) is 2.59. The Balaban J connectivity index is 2.34. The second-order valence-electron chi connectivity index (χ2n) is 6.50. The largest absolute Gasteiger partial charge is 0.489 e. The first kappa shape index (κ1) is 19.4. The van der Waals surface area contributed by atoms with E-state index in [0.717, 1.165) is 16.9 Å². The molecule has 0 spiro atoms. The minimum absolute atomic E-state index is 0.339. The lowest BCUT2D eigenvalue weighted by molar-refractivity contribution is 0.300. The molecule has 2 aromatic rings. The Morgan fingerprint density at radius 2 is 1.62 bits per heavy atom. The maximum absolute atomic E-state index is 6.33. The zero-order valence-electron chi connectivity index (χ0n) is 14.4. The molecule has 4 heteroatoms.